The van der Waals surface area contributed by atoms with Gasteiger partial charge in [0.1, 0.15) is 5.75 Å². The first kappa shape index (κ1) is 15.4. The van der Waals surface area contributed by atoms with E-state index in [0.29, 0.717) is 6.04 Å². The van der Waals surface area contributed by atoms with Gasteiger partial charge in [-0.1, -0.05) is 48.5 Å². The van der Waals surface area contributed by atoms with Crippen LogP contribution in [0, 0.1) is 11.8 Å². The summed E-state index contributed by atoms with van der Waals surface area (Å²) in [4.78, 5) is 0. The summed E-state index contributed by atoms with van der Waals surface area (Å²) in [5.41, 5.74) is 1.31. The number of halogens is 1. The Hall–Kier alpha value is -0.540. The fourth-order valence-corrected chi connectivity index (χ4v) is 4.04. The topological polar surface area (TPSA) is 21.3 Å². The van der Waals surface area contributed by atoms with Crippen molar-refractivity contribution in [2.45, 2.75) is 51.5 Å². The van der Waals surface area contributed by atoms with Crippen molar-refractivity contribution in [1.82, 2.24) is 5.32 Å². The zero-order valence-electron chi connectivity index (χ0n) is 12.9. The number of benzene rings is 1. The standard InChI is InChI=1S/C18H26BrNO/c1-13-2-4-14(5-3-13)8-10-20-17-9-11-21-18-7-6-15(19)12-16(17)18/h6-7,12-14,17,20H,2-5,8-11H2,1H3. The van der Waals surface area contributed by atoms with Crippen LogP contribution in [-0.4, -0.2) is 13.2 Å². The molecule has 0 radical (unpaired) electrons. The first-order chi connectivity index (χ1) is 10.2. The van der Waals surface area contributed by atoms with Gasteiger partial charge in [-0.15, -0.1) is 0 Å². The second-order valence-electron chi connectivity index (χ2n) is 6.74. The molecule has 0 bridgehead atoms. The van der Waals surface area contributed by atoms with Gasteiger partial charge in [0.05, 0.1) is 6.61 Å². The van der Waals surface area contributed by atoms with Crippen molar-refractivity contribution in [3.8, 4) is 5.75 Å². The Morgan fingerprint density at radius 3 is 2.81 bits per heavy atom. The third-order valence-corrected chi connectivity index (χ3v) is 5.58. The molecule has 1 aliphatic carbocycles. The number of hydrogen-bond acceptors (Lipinski definition) is 2. The van der Waals surface area contributed by atoms with Crippen LogP contribution in [0.5, 0.6) is 5.75 Å². The second kappa shape index (κ2) is 7.15. The van der Waals surface area contributed by atoms with Crippen molar-refractivity contribution in [2.24, 2.45) is 11.8 Å². The van der Waals surface area contributed by atoms with Crippen LogP contribution in [0.4, 0.5) is 0 Å². The summed E-state index contributed by atoms with van der Waals surface area (Å²) in [7, 11) is 0. The molecule has 1 unspecified atom stereocenters. The minimum absolute atomic E-state index is 0.453. The van der Waals surface area contributed by atoms with Crippen molar-refractivity contribution in [2.75, 3.05) is 13.2 Å². The molecule has 1 heterocycles. The molecule has 1 fully saturated rings. The van der Waals surface area contributed by atoms with Crippen LogP contribution in [-0.2, 0) is 0 Å². The maximum atomic E-state index is 5.76. The molecule has 116 valence electrons. The highest BCUT2D eigenvalue weighted by atomic mass is 79.9. The molecule has 21 heavy (non-hydrogen) atoms. The van der Waals surface area contributed by atoms with E-state index in [1.165, 1.54) is 37.7 Å². The van der Waals surface area contributed by atoms with Gasteiger partial charge in [0.2, 0.25) is 0 Å². The predicted octanol–water partition coefficient (Wildman–Crippen LogP) is 5.08. The highest BCUT2D eigenvalue weighted by Crippen LogP contribution is 2.34. The Morgan fingerprint density at radius 1 is 1.19 bits per heavy atom. The third-order valence-electron chi connectivity index (χ3n) is 5.09. The fourth-order valence-electron chi connectivity index (χ4n) is 3.66. The molecule has 1 N–H and O–H groups in total. The summed E-state index contributed by atoms with van der Waals surface area (Å²) in [6, 6.07) is 6.79. The Balaban J connectivity index is 1.51. The molecule has 3 rings (SSSR count). The SMILES string of the molecule is CC1CCC(CCNC2CCOc3ccc(Br)cc32)CC1. The highest BCUT2D eigenvalue weighted by molar-refractivity contribution is 9.10. The monoisotopic (exact) mass is 351 g/mol. The number of fused-ring (bicyclic) bond motifs is 1. The summed E-state index contributed by atoms with van der Waals surface area (Å²) >= 11 is 3.57. The lowest BCUT2D eigenvalue weighted by Crippen LogP contribution is -2.29. The predicted molar refractivity (Wildman–Crippen MR) is 90.7 cm³/mol. The van der Waals surface area contributed by atoms with Crippen molar-refractivity contribution in [1.29, 1.82) is 0 Å². The molecular weight excluding hydrogens is 326 g/mol. The van der Waals surface area contributed by atoms with E-state index in [1.54, 1.807) is 0 Å². The summed E-state index contributed by atoms with van der Waals surface area (Å²) < 4.78 is 6.89. The quantitative estimate of drug-likeness (QED) is 0.816. The molecule has 1 aromatic carbocycles. The van der Waals surface area contributed by atoms with Crippen LogP contribution in [0.15, 0.2) is 22.7 Å². The van der Waals surface area contributed by atoms with Crippen LogP contribution in [0.3, 0.4) is 0 Å². The molecule has 1 atom stereocenters. The summed E-state index contributed by atoms with van der Waals surface area (Å²) in [5.74, 6) is 2.94. The van der Waals surface area contributed by atoms with Crippen LogP contribution in [0.25, 0.3) is 0 Å². The van der Waals surface area contributed by atoms with Gasteiger partial charge in [-0.2, -0.15) is 0 Å². The van der Waals surface area contributed by atoms with E-state index in [9.17, 15) is 0 Å². The van der Waals surface area contributed by atoms with Crippen molar-refractivity contribution < 1.29 is 4.74 Å². The molecule has 1 aromatic rings. The van der Waals surface area contributed by atoms with Crippen LogP contribution in [0.1, 0.15) is 57.1 Å². The van der Waals surface area contributed by atoms with Gasteiger partial charge in [0.15, 0.2) is 0 Å². The molecule has 2 aliphatic rings. The Morgan fingerprint density at radius 2 is 2.00 bits per heavy atom. The average molecular weight is 352 g/mol. The van der Waals surface area contributed by atoms with E-state index in [1.807, 2.05) is 0 Å². The van der Waals surface area contributed by atoms with Crippen LogP contribution in [0.2, 0.25) is 0 Å². The van der Waals surface area contributed by atoms with Gasteiger partial charge in [-0.3, -0.25) is 0 Å². The van der Waals surface area contributed by atoms with Crippen LogP contribution < -0.4 is 10.1 Å². The van der Waals surface area contributed by atoms with E-state index in [-0.39, 0.29) is 0 Å². The molecule has 0 amide bonds. The lowest BCUT2D eigenvalue weighted by atomic mass is 9.81. The number of nitrogens with one attached hydrogen (secondary N) is 1. The molecule has 1 saturated carbocycles. The van der Waals surface area contributed by atoms with Crippen molar-refractivity contribution >= 4 is 15.9 Å². The molecule has 3 heteroatoms. The molecule has 2 nitrogen and oxygen atoms in total. The number of rotatable bonds is 4. The lowest BCUT2D eigenvalue weighted by molar-refractivity contribution is 0.242. The minimum atomic E-state index is 0.453. The average Bonchev–Trinajstić information content (AvgIpc) is 2.50. The molecule has 0 aromatic heterocycles. The van der Waals surface area contributed by atoms with Crippen molar-refractivity contribution in [3.05, 3.63) is 28.2 Å². The molecule has 1 aliphatic heterocycles. The maximum Gasteiger partial charge on any atom is 0.124 e. The molecule has 0 saturated heterocycles. The van der Waals surface area contributed by atoms with Gasteiger partial charge in [0, 0.05) is 22.5 Å². The van der Waals surface area contributed by atoms with Gasteiger partial charge in [-0.05, 0) is 43.0 Å². The smallest absolute Gasteiger partial charge is 0.124 e. The van der Waals surface area contributed by atoms with Gasteiger partial charge in [0.25, 0.3) is 0 Å². The van der Waals surface area contributed by atoms with Gasteiger partial charge >= 0.3 is 0 Å². The zero-order chi connectivity index (χ0) is 14.7. The largest absolute Gasteiger partial charge is 0.493 e. The fraction of sp³-hybridized carbons (Fsp3) is 0.667. The summed E-state index contributed by atoms with van der Waals surface area (Å²) in [6.07, 6.45) is 8.12. The maximum absolute atomic E-state index is 5.76. The van der Waals surface area contributed by atoms with Gasteiger partial charge in [-0.25, -0.2) is 0 Å². The van der Waals surface area contributed by atoms with Crippen molar-refractivity contribution in [3.63, 3.8) is 0 Å². The number of hydrogen-bond donors (Lipinski definition) is 1. The second-order valence-corrected chi connectivity index (χ2v) is 7.66. The third kappa shape index (κ3) is 4.01. The zero-order valence-corrected chi connectivity index (χ0v) is 14.5. The molecule has 0 spiro atoms. The van der Waals surface area contributed by atoms with Gasteiger partial charge < -0.3 is 10.1 Å². The highest BCUT2D eigenvalue weighted by Gasteiger charge is 2.22. The summed E-state index contributed by atoms with van der Waals surface area (Å²) in [5, 5.41) is 3.76. The normalized spacial score (nSPS) is 28.8. The van der Waals surface area contributed by atoms with E-state index < -0.39 is 0 Å². The van der Waals surface area contributed by atoms with E-state index in [4.69, 9.17) is 4.74 Å². The van der Waals surface area contributed by atoms with E-state index in [2.05, 4.69) is 46.4 Å². The van der Waals surface area contributed by atoms with Crippen LogP contribution >= 0.6 is 15.9 Å². The molecular formula is C18H26BrNO. The van der Waals surface area contributed by atoms with E-state index in [0.717, 1.165) is 41.6 Å². The Labute approximate surface area is 136 Å². The Kier molecular flexibility index (Phi) is 5.23. The summed E-state index contributed by atoms with van der Waals surface area (Å²) in [6.45, 7) is 4.36. The first-order valence-corrected chi connectivity index (χ1v) is 9.17. The lowest BCUT2D eigenvalue weighted by Gasteiger charge is -2.29. The number of ether oxygens (including phenoxy) is 1. The Bertz CT molecular complexity index is 468. The minimum Gasteiger partial charge on any atom is -0.493 e. The first-order valence-electron chi connectivity index (χ1n) is 8.38. The van der Waals surface area contributed by atoms with E-state index >= 15 is 0 Å².